The number of carbonyl (C=O) groups is 2. The third-order valence-electron chi connectivity index (χ3n) is 4.65. The fourth-order valence-corrected chi connectivity index (χ4v) is 3.23. The van der Waals surface area contributed by atoms with Crippen LogP contribution in [-0.2, 0) is 22.4 Å². The number of halogens is 1. The Morgan fingerprint density at radius 3 is 2.50 bits per heavy atom. The molecule has 2 amide bonds. The number of hydrogen-bond acceptors (Lipinski definition) is 2. The molecule has 0 aliphatic carbocycles. The average Bonchev–Trinajstić information content (AvgIpc) is 3.11. The summed E-state index contributed by atoms with van der Waals surface area (Å²) in [5, 5.41) is 2.97. The van der Waals surface area contributed by atoms with Crippen LogP contribution in [-0.4, -0.2) is 35.8 Å². The standard InChI is InChI=1S/C21H23FN2O2/c22-18-9-6-17(7-10-18)14-20(25)23-19-12-13-24(15-19)21(26)11-8-16-4-2-1-3-5-16/h1-7,9-10,19H,8,11-15H2,(H,23,25). The normalized spacial score (nSPS) is 16.5. The van der Waals surface area contributed by atoms with Crippen molar-refractivity contribution in [3.63, 3.8) is 0 Å². The first-order valence-electron chi connectivity index (χ1n) is 8.95. The summed E-state index contributed by atoms with van der Waals surface area (Å²) in [7, 11) is 0. The summed E-state index contributed by atoms with van der Waals surface area (Å²) < 4.78 is 12.9. The Balaban J connectivity index is 1.42. The molecule has 1 aliphatic rings. The van der Waals surface area contributed by atoms with Crippen LogP contribution in [0.1, 0.15) is 24.0 Å². The highest BCUT2D eigenvalue weighted by molar-refractivity contribution is 5.79. The van der Waals surface area contributed by atoms with Crippen molar-refractivity contribution in [2.45, 2.75) is 31.7 Å². The second-order valence-electron chi connectivity index (χ2n) is 6.68. The van der Waals surface area contributed by atoms with Crippen molar-refractivity contribution in [3.8, 4) is 0 Å². The summed E-state index contributed by atoms with van der Waals surface area (Å²) in [5.74, 6) is -0.279. The zero-order valence-electron chi connectivity index (χ0n) is 14.7. The predicted molar refractivity (Wildman–Crippen MR) is 98.0 cm³/mol. The summed E-state index contributed by atoms with van der Waals surface area (Å²) in [4.78, 5) is 26.3. The van der Waals surface area contributed by atoms with Crippen molar-refractivity contribution >= 4 is 11.8 Å². The van der Waals surface area contributed by atoms with Crippen LogP contribution in [0.4, 0.5) is 4.39 Å². The number of rotatable bonds is 6. The van der Waals surface area contributed by atoms with E-state index in [0.29, 0.717) is 19.5 Å². The van der Waals surface area contributed by atoms with Gasteiger partial charge in [-0.15, -0.1) is 0 Å². The molecule has 0 spiro atoms. The molecule has 1 aliphatic heterocycles. The molecule has 1 heterocycles. The van der Waals surface area contributed by atoms with Crippen LogP contribution < -0.4 is 5.32 Å². The molecule has 1 N–H and O–H groups in total. The van der Waals surface area contributed by atoms with E-state index in [-0.39, 0.29) is 30.1 Å². The largest absolute Gasteiger partial charge is 0.351 e. The Kier molecular flexibility index (Phi) is 6.00. The topological polar surface area (TPSA) is 49.4 Å². The highest BCUT2D eigenvalue weighted by atomic mass is 19.1. The molecule has 3 rings (SSSR count). The van der Waals surface area contributed by atoms with Crippen molar-refractivity contribution in [1.82, 2.24) is 10.2 Å². The van der Waals surface area contributed by atoms with Crippen LogP contribution in [0, 0.1) is 5.82 Å². The molecule has 136 valence electrons. The van der Waals surface area contributed by atoms with E-state index in [9.17, 15) is 14.0 Å². The van der Waals surface area contributed by atoms with Crippen molar-refractivity contribution in [1.29, 1.82) is 0 Å². The molecular formula is C21H23FN2O2. The number of hydrogen-bond donors (Lipinski definition) is 1. The number of likely N-dealkylation sites (tertiary alicyclic amines) is 1. The van der Waals surface area contributed by atoms with Crippen molar-refractivity contribution in [3.05, 3.63) is 71.5 Å². The Morgan fingerprint density at radius 2 is 1.77 bits per heavy atom. The van der Waals surface area contributed by atoms with E-state index in [1.165, 1.54) is 12.1 Å². The lowest BCUT2D eigenvalue weighted by molar-refractivity contribution is -0.130. The van der Waals surface area contributed by atoms with Crippen LogP contribution in [0.3, 0.4) is 0 Å². The van der Waals surface area contributed by atoms with Gasteiger partial charge in [0.1, 0.15) is 5.82 Å². The second-order valence-corrected chi connectivity index (χ2v) is 6.68. The zero-order chi connectivity index (χ0) is 18.4. The van der Waals surface area contributed by atoms with Gasteiger partial charge in [0.25, 0.3) is 0 Å². The first-order valence-corrected chi connectivity index (χ1v) is 8.95. The summed E-state index contributed by atoms with van der Waals surface area (Å²) in [5.41, 5.74) is 1.93. The van der Waals surface area contributed by atoms with E-state index in [2.05, 4.69) is 5.32 Å². The smallest absolute Gasteiger partial charge is 0.224 e. The van der Waals surface area contributed by atoms with Gasteiger partial charge in [0.15, 0.2) is 0 Å². The third-order valence-corrected chi connectivity index (χ3v) is 4.65. The van der Waals surface area contributed by atoms with Gasteiger partial charge < -0.3 is 10.2 Å². The first-order chi connectivity index (χ1) is 12.6. The van der Waals surface area contributed by atoms with Crippen LogP contribution in [0.25, 0.3) is 0 Å². The summed E-state index contributed by atoms with van der Waals surface area (Å²) in [6, 6.07) is 15.9. The highest BCUT2D eigenvalue weighted by Gasteiger charge is 2.26. The number of amides is 2. The molecule has 5 heteroatoms. The number of nitrogens with one attached hydrogen (secondary N) is 1. The predicted octanol–water partition coefficient (Wildman–Crippen LogP) is 2.72. The molecule has 4 nitrogen and oxygen atoms in total. The minimum absolute atomic E-state index is 0.0105. The van der Waals surface area contributed by atoms with Gasteiger partial charge in [-0.2, -0.15) is 0 Å². The van der Waals surface area contributed by atoms with Gasteiger partial charge >= 0.3 is 0 Å². The van der Waals surface area contributed by atoms with E-state index < -0.39 is 0 Å². The van der Waals surface area contributed by atoms with Crippen LogP contribution >= 0.6 is 0 Å². The molecular weight excluding hydrogens is 331 g/mol. The average molecular weight is 354 g/mol. The van der Waals surface area contributed by atoms with Crippen LogP contribution in [0.5, 0.6) is 0 Å². The lowest BCUT2D eigenvalue weighted by atomic mass is 10.1. The molecule has 2 aromatic carbocycles. The number of nitrogens with zero attached hydrogens (tertiary/aromatic N) is 1. The molecule has 1 fully saturated rings. The van der Waals surface area contributed by atoms with E-state index in [0.717, 1.165) is 24.0 Å². The van der Waals surface area contributed by atoms with E-state index in [4.69, 9.17) is 0 Å². The Morgan fingerprint density at radius 1 is 1.04 bits per heavy atom. The van der Waals surface area contributed by atoms with Crippen molar-refractivity contribution < 1.29 is 14.0 Å². The van der Waals surface area contributed by atoms with E-state index in [1.807, 2.05) is 35.2 Å². The lowest BCUT2D eigenvalue weighted by Crippen LogP contribution is -2.39. The number of benzene rings is 2. The minimum atomic E-state index is -0.311. The van der Waals surface area contributed by atoms with Gasteiger partial charge in [-0.05, 0) is 36.1 Å². The molecule has 1 saturated heterocycles. The molecule has 0 saturated carbocycles. The molecule has 26 heavy (non-hydrogen) atoms. The number of carbonyl (C=O) groups excluding carboxylic acids is 2. The maximum absolute atomic E-state index is 12.9. The maximum atomic E-state index is 12.9. The van der Waals surface area contributed by atoms with Gasteiger partial charge in [0.05, 0.1) is 6.42 Å². The Hall–Kier alpha value is -2.69. The molecule has 1 atom stereocenters. The Labute approximate surface area is 153 Å². The van der Waals surface area contributed by atoms with E-state index in [1.54, 1.807) is 12.1 Å². The summed E-state index contributed by atoms with van der Waals surface area (Å²) >= 11 is 0. The summed E-state index contributed by atoms with van der Waals surface area (Å²) in [6.07, 6.45) is 2.21. The van der Waals surface area contributed by atoms with Crippen molar-refractivity contribution in [2.24, 2.45) is 0 Å². The van der Waals surface area contributed by atoms with Crippen LogP contribution in [0.2, 0.25) is 0 Å². The first kappa shape index (κ1) is 18.1. The molecule has 0 bridgehead atoms. The second kappa shape index (κ2) is 8.61. The lowest BCUT2D eigenvalue weighted by Gasteiger charge is -2.17. The SMILES string of the molecule is O=C(Cc1ccc(F)cc1)NC1CCN(C(=O)CCc2ccccc2)C1. The van der Waals surface area contributed by atoms with Crippen molar-refractivity contribution in [2.75, 3.05) is 13.1 Å². The monoisotopic (exact) mass is 354 g/mol. The highest BCUT2D eigenvalue weighted by Crippen LogP contribution is 2.13. The van der Waals surface area contributed by atoms with E-state index >= 15 is 0 Å². The summed E-state index contributed by atoms with van der Waals surface area (Å²) in [6.45, 7) is 1.23. The van der Waals surface area contributed by atoms with Gasteiger partial charge in [0, 0.05) is 25.6 Å². The molecule has 1 unspecified atom stereocenters. The van der Waals surface area contributed by atoms with Gasteiger partial charge in [-0.3, -0.25) is 9.59 Å². The maximum Gasteiger partial charge on any atom is 0.224 e. The van der Waals surface area contributed by atoms with Crippen LogP contribution in [0.15, 0.2) is 54.6 Å². The zero-order valence-corrected chi connectivity index (χ0v) is 14.7. The molecule has 0 radical (unpaired) electrons. The molecule has 0 aromatic heterocycles. The minimum Gasteiger partial charge on any atom is -0.351 e. The molecule has 2 aromatic rings. The fraction of sp³-hybridized carbons (Fsp3) is 0.333. The third kappa shape index (κ3) is 5.15. The number of aryl methyl sites for hydroxylation is 1. The van der Waals surface area contributed by atoms with Gasteiger partial charge in [-0.1, -0.05) is 42.5 Å². The van der Waals surface area contributed by atoms with Gasteiger partial charge in [0.2, 0.25) is 11.8 Å². The quantitative estimate of drug-likeness (QED) is 0.867. The Bertz CT molecular complexity index is 746. The van der Waals surface area contributed by atoms with Gasteiger partial charge in [-0.25, -0.2) is 4.39 Å². The fourth-order valence-electron chi connectivity index (χ4n) is 3.23.